The second-order valence-corrected chi connectivity index (χ2v) is 9.47. The third kappa shape index (κ3) is 2.99. The minimum absolute atomic E-state index is 0.246. The van der Waals surface area contributed by atoms with E-state index in [9.17, 15) is 8.42 Å². The number of ether oxygens (including phenoxy) is 2. The molecule has 0 unspecified atom stereocenters. The van der Waals surface area contributed by atoms with Crippen molar-refractivity contribution >= 4 is 27.1 Å². The van der Waals surface area contributed by atoms with Gasteiger partial charge in [0.2, 0.25) is 0 Å². The number of methoxy groups -OCH3 is 2. The van der Waals surface area contributed by atoms with Gasteiger partial charge in [-0.25, -0.2) is 8.42 Å². The van der Waals surface area contributed by atoms with E-state index in [0.29, 0.717) is 34.9 Å². The van der Waals surface area contributed by atoms with Crippen LogP contribution in [0.3, 0.4) is 0 Å². The van der Waals surface area contributed by atoms with E-state index in [4.69, 9.17) is 14.5 Å². The van der Waals surface area contributed by atoms with E-state index in [1.165, 1.54) is 11.4 Å². The molecule has 31 heavy (non-hydrogen) atoms. The molecule has 6 nitrogen and oxygen atoms in total. The molecule has 0 amide bonds. The Morgan fingerprint density at radius 2 is 1.68 bits per heavy atom. The Morgan fingerprint density at radius 1 is 0.968 bits per heavy atom. The zero-order valence-corrected chi connectivity index (χ0v) is 18.3. The highest BCUT2D eigenvalue weighted by Gasteiger charge is 2.46. The van der Waals surface area contributed by atoms with Crippen LogP contribution in [0.2, 0.25) is 0 Å². The third-order valence-corrected chi connectivity index (χ3v) is 7.69. The number of hydrogen-bond donors (Lipinski definition) is 0. The van der Waals surface area contributed by atoms with Crippen molar-refractivity contribution in [2.45, 2.75) is 24.3 Å². The monoisotopic (exact) mass is 434 g/mol. The quantitative estimate of drug-likeness (QED) is 0.595. The lowest BCUT2D eigenvalue weighted by atomic mass is 9.97. The fourth-order valence-electron chi connectivity index (χ4n) is 4.35. The highest BCUT2D eigenvalue weighted by atomic mass is 32.2. The van der Waals surface area contributed by atoms with Crippen LogP contribution < -0.4 is 13.8 Å². The fourth-order valence-corrected chi connectivity index (χ4v) is 6.24. The summed E-state index contributed by atoms with van der Waals surface area (Å²) in [6.45, 7) is 1.98. The van der Waals surface area contributed by atoms with Gasteiger partial charge in [0, 0.05) is 18.1 Å². The average molecular weight is 435 g/mol. The van der Waals surface area contributed by atoms with Crippen LogP contribution in [0.4, 0.5) is 11.4 Å². The van der Waals surface area contributed by atoms with E-state index in [1.54, 1.807) is 19.2 Å². The SMILES string of the molecule is COc1cc2c(cc1OC)S(=O)(=O)N1c3ccc(C)cc3N=C(c3ccccc3)C[C@H]21. The van der Waals surface area contributed by atoms with Gasteiger partial charge in [-0.15, -0.1) is 0 Å². The van der Waals surface area contributed by atoms with Crippen LogP contribution in [0.1, 0.15) is 29.2 Å². The van der Waals surface area contributed by atoms with Crippen molar-refractivity contribution in [3.63, 3.8) is 0 Å². The third-order valence-electron chi connectivity index (χ3n) is 5.81. The second-order valence-electron chi connectivity index (χ2n) is 7.68. The van der Waals surface area contributed by atoms with Crippen molar-refractivity contribution in [2.75, 3.05) is 18.5 Å². The smallest absolute Gasteiger partial charge is 0.265 e. The first-order chi connectivity index (χ1) is 14.9. The molecule has 3 aromatic carbocycles. The van der Waals surface area contributed by atoms with Gasteiger partial charge in [-0.05, 0) is 36.2 Å². The maximum absolute atomic E-state index is 13.7. The Bertz CT molecular complexity index is 1320. The van der Waals surface area contributed by atoms with Gasteiger partial charge in [0.15, 0.2) is 11.5 Å². The summed E-state index contributed by atoms with van der Waals surface area (Å²) in [6, 6.07) is 18.5. The minimum Gasteiger partial charge on any atom is -0.493 e. The van der Waals surface area contributed by atoms with E-state index in [2.05, 4.69) is 0 Å². The largest absolute Gasteiger partial charge is 0.493 e. The number of sulfonamides is 1. The Labute approximate surface area is 181 Å². The molecule has 7 heteroatoms. The molecule has 0 radical (unpaired) electrons. The summed E-state index contributed by atoms with van der Waals surface area (Å²) in [6.07, 6.45) is 0.444. The van der Waals surface area contributed by atoms with Crippen molar-refractivity contribution in [3.05, 3.63) is 77.4 Å². The number of hydrogen-bond acceptors (Lipinski definition) is 5. The van der Waals surface area contributed by atoms with Crippen LogP contribution in [0.25, 0.3) is 0 Å². The highest BCUT2D eigenvalue weighted by molar-refractivity contribution is 7.93. The van der Waals surface area contributed by atoms with Crippen LogP contribution in [0.15, 0.2) is 70.6 Å². The van der Waals surface area contributed by atoms with Gasteiger partial charge in [-0.3, -0.25) is 9.30 Å². The van der Waals surface area contributed by atoms with Crippen LogP contribution in [-0.4, -0.2) is 28.3 Å². The number of aliphatic imine (C=N–C) groups is 1. The molecule has 2 heterocycles. The van der Waals surface area contributed by atoms with E-state index < -0.39 is 16.1 Å². The topological polar surface area (TPSA) is 68.2 Å². The molecule has 158 valence electrons. The van der Waals surface area contributed by atoms with Gasteiger partial charge < -0.3 is 9.47 Å². The molecule has 0 N–H and O–H groups in total. The lowest BCUT2D eigenvalue weighted by Gasteiger charge is -2.24. The number of nitrogens with zero attached hydrogens (tertiary/aromatic N) is 2. The number of aryl methyl sites for hydroxylation is 1. The standard InChI is InChI=1S/C24H22N2O4S/c1-15-9-10-20-19(11-15)25-18(16-7-5-4-6-8-16)13-21-17-12-22(29-2)23(30-3)14-24(17)31(27,28)26(20)21/h4-12,14,21H,13H2,1-3H3/t21-/m1/s1. The lowest BCUT2D eigenvalue weighted by molar-refractivity contribution is 0.353. The molecule has 1 atom stereocenters. The van der Waals surface area contributed by atoms with E-state index in [1.807, 2.05) is 55.5 Å². The van der Waals surface area contributed by atoms with Crippen molar-refractivity contribution < 1.29 is 17.9 Å². The normalized spacial score (nSPS) is 18.4. The van der Waals surface area contributed by atoms with Crippen molar-refractivity contribution in [3.8, 4) is 11.5 Å². The molecule has 0 saturated heterocycles. The second kappa shape index (κ2) is 7.13. The van der Waals surface area contributed by atoms with Crippen molar-refractivity contribution in [1.82, 2.24) is 0 Å². The van der Waals surface area contributed by atoms with Gasteiger partial charge in [0.25, 0.3) is 10.0 Å². The van der Waals surface area contributed by atoms with Gasteiger partial charge in [-0.2, -0.15) is 0 Å². The number of benzene rings is 3. The lowest BCUT2D eigenvalue weighted by Crippen LogP contribution is -2.28. The van der Waals surface area contributed by atoms with E-state index in [0.717, 1.165) is 16.8 Å². The molecule has 5 rings (SSSR count). The van der Waals surface area contributed by atoms with Crippen LogP contribution >= 0.6 is 0 Å². The number of rotatable bonds is 3. The molecular formula is C24H22N2O4S. The fraction of sp³-hybridized carbons (Fsp3) is 0.208. The molecule has 2 aliphatic rings. The van der Waals surface area contributed by atoms with E-state index >= 15 is 0 Å². The Hall–Kier alpha value is -3.32. The predicted molar refractivity (Wildman–Crippen MR) is 120 cm³/mol. The van der Waals surface area contributed by atoms with Gasteiger partial charge >= 0.3 is 0 Å². The first kappa shape index (κ1) is 19.6. The maximum Gasteiger partial charge on any atom is 0.265 e. The van der Waals surface area contributed by atoms with E-state index in [-0.39, 0.29) is 4.90 Å². The highest BCUT2D eigenvalue weighted by Crippen LogP contribution is 2.52. The maximum atomic E-state index is 13.7. The van der Waals surface area contributed by atoms with Crippen molar-refractivity contribution in [2.24, 2.45) is 4.99 Å². The van der Waals surface area contributed by atoms with Crippen LogP contribution in [0, 0.1) is 6.92 Å². The Balaban J connectivity index is 1.78. The molecular weight excluding hydrogens is 412 g/mol. The molecule has 0 saturated carbocycles. The predicted octanol–water partition coefficient (Wildman–Crippen LogP) is 4.79. The van der Waals surface area contributed by atoms with Crippen LogP contribution in [0.5, 0.6) is 11.5 Å². The van der Waals surface area contributed by atoms with Crippen molar-refractivity contribution in [1.29, 1.82) is 0 Å². The average Bonchev–Trinajstić information content (AvgIpc) is 2.90. The molecule has 0 aromatic heterocycles. The summed E-state index contributed by atoms with van der Waals surface area (Å²) in [7, 11) is -0.743. The first-order valence-corrected chi connectivity index (χ1v) is 11.4. The first-order valence-electron chi connectivity index (χ1n) is 9.98. The summed E-state index contributed by atoms with van der Waals surface area (Å²) >= 11 is 0. The zero-order valence-electron chi connectivity index (χ0n) is 17.5. The molecule has 3 aromatic rings. The number of anilines is 1. The Morgan fingerprint density at radius 3 is 2.39 bits per heavy atom. The molecule has 0 bridgehead atoms. The molecule has 0 spiro atoms. The summed E-state index contributed by atoms with van der Waals surface area (Å²) in [4.78, 5) is 5.17. The van der Waals surface area contributed by atoms with Gasteiger partial charge in [0.05, 0.1) is 42.2 Å². The molecule has 0 aliphatic carbocycles. The van der Waals surface area contributed by atoms with Crippen LogP contribution in [-0.2, 0) is 10.0 Å². The molecule has 2 aliphatic heterocycles. The summed E-state index contributed by atoms with van der Waals surface area (Å²) in [5.74, 6) is 0.897. The number of fused-ring (bicyclic) bond motifs is 5. The van der Waals surface area contributed by atoms with Gasteiger partial charge in [0.1, 0.15) is 0 Å². The summed E-state index contributed by atoms with van der Waals surface area (Å²) < 4.78 is 39.8. The minimum atomic E-state index is -3.79. The summed E-state index contributed by atoms with van der Waals surface area (Å²) in [5.41, 5.74) is 4.76. The van der Waals surface area contributed by atoms with Gasteiger partial charge in [-0.1, -0.05) is 36.4 Å². The summed E-state index contributed by atoms with van der Waals surface area (Å²) in [5, 5.41) is 0. The Kier molecular flexibility index (Phi) is 4.51. The molecule has 0 fully saturated rings. The zero-order chi connectivity index (χ0) is 21.8.